The molecule has 1 aliphatic rings. The Morgan fingerprint density at radius 3 is 2.38 bits per heavy atom. The van der Waals surface area contributed by atoms with Gasteiger partial charge in [0.1, 0.15) is 0 Å². The first-order chi connectivity index (χ1) is 9.84. The molecule has 0 aliphatic carbocycles. The van der Waals surface area contributed by atoms with Gasteiger partial charge in [0, 0.05) is 16.9 Å². The maximum Gasteiger partial charge on any atom is 0.228 e. The van der Waals surface area contributed by atoms with Crippen molar-refractivity contribution in [2.24, 2.45) is 0 Å². The van der Waals surface area contributed by atoms with Gasteiger partial charge in [0.15, 0.2) is 0 Å². The molecule has 0 radical (unpaired) electrons. The van der Waals surface area contributed by atoms with Crippen molar-refractivity contribution < 1.29 is 4.79 Å². The number of rotatable bonds is 1. The molecular weight excluding hydrogens is 260 g/mol. The number of hydrogen-bond acceptors (Lipinski definition) is 2. The third-order valence-electron chi connectivity index (χ3n) is 3.96. The van der Waals surface area contributed by atoms with E-state index in [1.165, 1.54) is 5.56 Å². The fourth-order valence-electron chi connectivity index (χ4n) is 2.69. The van der Waals surface area contributed by atoms with Crippen molar-refractivity contribution in [1.29, 1.82) is 0 Å². The summed E-state index contributed by atoms with van der Waals surface area (Å²) >= 11 is 0. The number of carbonyl (C=O) groups excluding carboxylic acids is 1. The lowest BCUT2D eigenvalue weighted by molar-refractivity contribution is -0.115. The topological polar surface area (TPSA) is 55.1 Å². The molecule has 1 amide bonds. The molecule has 2 aromatic carbocycles. The fraction of sp³-hybridized carbons (Fsp3) is 0.278. The number of anilines is 2. The Morgan fingerprint density at radius 2 is 1.76 bits per heavy atom. The molecule has 2 aromatic rings. The minimum absolute atomic E-state index is 0.0321. The lowest BCUT2D eigenvalue weighted by atomic mass is 9.86. The van der Waals surface area contributed by atoms with E-state index in [0.29, 0.717) is 12.1 Å². The number of amides is 1. The van der Waals surface area contributed by atoms with Crippen LogP contribution in [0.1, 0.15) is 31.9 Å². The number of benzene rings is 2. The summed E-state index contributed by atoms with van der Waals surface area (Å²) in [5.41, 5.74) is 12.2. The van der Waals surface area contributed by atoms with Crippen LogP contribution in [-0.4, -0.2) is 5.91 Å². The number of nitrogen functional groups attached to an aromatic ring is 1. The van der Waals surface area contributed by atoms with Gasteiger partial charge in [-0.1, -0.05) is 45.0 Å². The van der Waals surface area contributed by atoms with Gasteiger partial charge in [0.25, 0.3) is 0 Å². The van der Waals surface area contributed by atoms with Gasteiger partial charge in [-0.15, -0.1) is 0 Å². The standard InChI is InChI=1S/C18H20N2O/c1-18(2,3)13-6-4-11(5-7-13)14-8-12-9-17(21)20-16(12)10-15(14)19/h4-8,10H,9,19H2,1-3H3,(H,20,21). The van der Waals surface area contributed by atoms with Crippen molar-refractivity contribution >= 4 is 17.3 Å². The zero-order valence-electron chi connectivity index (χ0n) is 12.7. The van der Waals surface area contributed by atoms with Crippen molar-refractivity contribution in [2.45, 2.75) is 32.6 Å². The fourth-order valence-corrected chi connectivity index (χ4v) is 2.69. The zero-order chi connectivity index (χ0) is 15.2. The molecule has 3 N–H and O–H groups in total. The van der Waals surface area contributed by atoms with Crippen LogP contribution in [0.5, 0.6) is 0 Å². The quantitative estimate of drug-likeness (QED) is 0.782. The summed E-state index contributed by atoms with van der Waals surface area (Å²) in [5.74, 6) is 0.0321. The van der Waals surface area contributed by atoms with E-state index < -0.39 is 0 Å². The molecule has 21 heavy (non-hydrogen) atoms. The molecule has 0 atom stereocenters. The van der Waals surface area contributed by atoms with E-state index in [0.717, 1.165) is 22.4 Å². The molecular formula is C18H20N2O. The summed E-state index contributed by atoms with van der Waals surface area (Å²) in [5, 5.41) is 2.83. The van der Waals surface area contributed by atoms with Crippen LogP contribution >= 0.6 is 0 Å². The van der Waals surface area contributed by atoms with Gasteiger partial charge in [-0.25, -0.2) is 0 Å². The van der Waals surface area contributed by atoms with Crippen LogP contribution in [0.3, 0.4) is 0 Å². The summed E-state index contributed by atoms with van der Waals surface area (Å²) < 4.78 is 0. The highest BCUT2D eigenvalue weighted by Gasteiger charge is 2.20. The van der Waals surface area contributed by atoms with Crippen LogP contribution in [0, 0.1) is 0 Å². The van der Waals surface area contributed by atoms with Gasteiger partial charge in [0.05, 0.1) is 6.42 Å². The average molecular weight is 280 g/mol. The van der Waals surface area contributed by atoms with E-state index in [1.54, 1.807) is 0 Å². The second kappa shape index (κ2) is 4.62. The van der Waals surface area contributed by atoms with Crippen LogP contribution in [0.25, 0.3) is 11.1 Å². The molecule has 0 unspecified atom stereocenters. The highest BCUT2D eigenvalue weighted by Crippen LogP contribution is 2.35. The van der Waals surface area contributed by atoms with Gasteiger partial charge >= 0.3 is 0 Å². The lowest BCUT2D eigenvalue weighted by Gasteiger charge is -2.19. The minimum Gasteiger partial charge on any atom is -0.398 e. The molecule has 3 heteroatoms. The third-order valence-corrected chi connectivity index (χ3v) is 3.96. The van der Waals surface area contributed by atoms with Gasteiger partial charge in [-0.3, -0.25) is 4.79 Å². The average Bonchev–Trinajstić information content (AvgIpc) is 2.76. The Bertz CT molecular complexity index is 709. The van der Waals surface area contributed by atoms with E-state index >= 15 is 0 Å². The summed E-state index contributed by atoms with van der Waals surface area (Å²) in [6.45, 7) is 6.59. The first-order valence-electron chi connectivity index (χ1n) is 7.18. The normalized spacial score (nSPS) is 14.0. The number of hydrogen-bond donors (Lipinski definition) is 2. The predicted octanol–water partition coefficient (Wildman–Crippen LogP) is 3.73. The molecule has 0 aromatic heterocycles. The first kappa shape index (κ1) is 13.7. The predicted molar refractivity (Wildman–Crippen MR) is 87.3 cm³/mol. The summed E-state index contributed by atoms with van der Waals surface area (Å²) in [6.07, 6.45) is 0.433. The Labute approximate surface area is 125 Å². The molecule has 0 bridgehead atoms. The number of fused-ring (bicyclic) bond motifs is 1. The van der Waals surface area contributed by atoms with Crippen LogP contribution in [-0.2, 0) is 16.6 Å². The molecule has 0 spiro atoms. The van der Waals surface area contributed by atoms with Crippen LogP contribution < -0.4 is 11.1 Å². The summed E-state index contributed by atoms with van der Waals surface area (Å²) in [7, 11) is 0. The smallest absolute Gasteiger partial charge is 0.228 e. The highest BCUT2D eigenvalue weighted by atomic mass is 16.1. The van der Waals surface area contributed by atoms with Gasteiger partial charge in [-0.05, 0) is 34.2 Å². The maximum absolute atomic E-state index is 11.5. The van der Waals surface area contributed by atoms with E-state index in [4.69, 9.17) is 5.73 Å². The SMILES string of the molecule is CC(C)(C)c1ccc(-c2cc3c(cc2N)NC(=O)C3)cc1. The van der Waals surface area contributed by atoms with Crippen molar-refractivity contribution in [2.75, 3.05) is 11.1 Å². The minimum atomic E-state index is 0.0321. The molecule has 0 saturated carbocycles. The van der Waals surface area contributed by atoms with Gasteiger partial charge < -0.3 is 11.1 Å². The molecule has 1 aliphatic heterocycles. The molecule has 3 rings (SSSR count). The molecule has 108 valence electrons. The summed E-state index contributed by atoms with van der Waals surface area (Å²) in [6, 6.07) is 12.4. The maximum atomic E-state index is 11.5. The number of nitrogens with one attached hydrogen (secondary N) is 1. The monoisotopic (exact) mass is 280 g/mol. The Hall–Kier alpha value is -2.29. The lowest BCUT2D eigenvalue weighted by Crippen LogP contribution is -2.10. The third kappa shape index (κ3) is 2.51. The van der Waals surface area contributed by atoms with E-state index in [1.807, 2.05) is 12.1 Å². The second-order valence-electron chi connectivity index (χ2n) is 6.65. The van der Waals surface area contributed by atoms with E-state index in [2.05, 4.69) is 50.4 Å². The Morgan fingerprint density at radius 1 is 1.10 bits per heavy atom. The second-order valence-corrected chi connectivity index (χ2v) is 6.65. The van der Waals surface area contributed by atoms with Crippen molar-refractivity contribution in [3.05, 3.63) is 47.5 Å². The zero-order valence-corrected chi connectivity index (χ0v) is 12.7. The van der Waals surface area contributed by atoms with E-state index in [9.17, 15) is 4.79 Å². The Kier molecular flexibility index (Phi) is 3.01. The molecule has 1 heterocycles. The molecule has 0 fully saturated rings. The highest BCUT2D eigenvalue weighted by molar-refractivity contribution is 6.01. The van der Waals surface area contributed by atoms with Gasteiger partial charge in [-0.2, -0.15) is 0 Å². The van der Waals surface area contributed by atoms with Crippen molar-refractivity contribution in [3.63, 3.8) is 0 Å². The number of nitrogens with two attached hydrogens (primary N) is 1. The van der Waals surface area contributed by atoms with Gasteiger partial charge in [0.2, 0.25) is 5.91 Å². The Balaban J connectivity index is 2.02. The summed E-state index contributed by atoms with van der Waals surface area (Å²) in [4.78, 5) is 11.5. The molecule has 0 saturated heterocycles. The van der Waals surface area contributed by atoms with Crippen molar-refractivity contribution in [1.82, 2.24) is 0 Å². The van der Waals surface area contributed by atoms with Crippen LogP contribution in [0.15, 0.2) is 36.4 Å². The largest absolute Gasteiger partial charge is 0.398 e. The van der Waals surface area contributed by atoms with E-state index in [-0.39, 0.29) is 11.3 Å². The molecule has 3 nitrogen and oxygen atoms in total. The number of carbonyl (C=O) groups is 1. The van der Waals surface area contributed by atoms with Crippen molar-refractivity contribution in [3.8, 4) is 11.1 Å². The van der Waals surface area contributed by atoms with Crippen LogP contribution in [0.4, 0.5) is 11.4 Å². The first-order valence-corrected chi connectivity index (χ1v) is 7.18. The van der Waals surface area contributed by atoms with Crippen LogP contribution in [0.2, 0.25) is 0 Å².